The van der Waals surface area contributed by atoms with Crippen molar-refractivity contribution in [2.45, 2.75) is 38.9 Å². The van der Waals surface area contributed by atoms with Crippen LogP contribution in [-0.2, 0) is 22.3 Å². The number of aryl methyl sites for hydroxylation is 2. The number of hydrogen-bond donors (Lipinski definition) is 0. The molecule has 1 aliphatic rings. The maximum absolute atomic E-state index is 15.1. The van der Waals surface area contributed by atoms with E-state index in [9.17, 15) is 0 Å². The van der Waals surface area contributed by atoms with Crippen molar-refractivity contribution in [1.82, 2.24) is 0 Å². The smallest absolute Gasteiger partial charge is 0.183 e. The first-order chi connectivity index (χ1) is 14.7. The molecule has 0 bridgehead atoms. The lowest BCUT2D eigenvalue weighted by atomic mass is 9.98. The van der Waals surface area contributed by atoms with Crippen LogP contribution >= 0.6 is 0 Å². The number of nitriles is 1. The summed E-state index contributed by atoms with van der Waals surface area (Å²) in [4.78, 5) is 0. The average molecular weight is 403 g/mol. The van der Waals surface area contributed by atoms with Crippen LogP contribution in [0.15, 0.2) is 54.6 Å². The van der Waals surface area contributed by atoms with E-state index in [1.807, 2.05) is 42.5 Å². The molecule has 154 valence electrons. The van der Waals surface area contributed by atoms with E-state index in [0.717, 1.165) is 35.8 Å². The van der Waals surface area contributed by atoms with Crippen molar-refractivity contribution in [3.8, 4) is 6.07 Å². The zero-order chi connectivity index (χ0) is 20.9. The highest BCUT2D eigenvalue weighted by atomic mass is 19.1. The summed E-state index contributed by atoms with van der Waals surface area (Å²) in [6, 6.07) is 19.1. The summed E-state index contributed by atoms with van der Waals surface area (Å²) in [5.41, 5.74) is 3.37. The number of nitrogens with zero attached hydrogens (tertiary/aromatic N) is 1. The fourth-order valence-electron chi connectivity index (χ4n) is 4.03. The van der Waals surface area contributed by atoms with Crippen LogP contribution in [0.2, 0.25) is 0 Å². The van der Waals surface area contributed by atoms with Crippen LogP contribution in [0.25, 0.3) is 10.8 Å². The van der Waals surface area contributed by atoms with E-state index < -0.39 is 0 Å². The predicted octanol–water partition coefficient (Wildman–Crippen LogP) is 6.10. The molecule has 0 unspecified atom stereocenters. The van der Waals surface area contributed by atoms with E-state index in [1.165, 1.54) is 0 Å². The predicted molar refractivity (Wildman–Crippen MR) is 116 cm³/mol. The van der Waals surface area contributed by atoms with E-state index in [1.54, 1.807) is 12.1 Å². The van der Waals surface area contributed by atoms with Gasteiger partial charge in [-0.1, -0.05) is 49.7 Å². The first kappa shape index (κ1) is 20.5. The lowest BCUT2D eigenvalue weighted by Crippen LogP contribution is -2.26. The molecule has 1 fully saturated rings. The Hall–Kier alpha value is -2.74. The van der Waals surface area contributed by atoms with Crippen molar-refractivity contribution < 1.29 is 13.9 Å². The number of rotatable bonds is 6. The van der Waals surface area contributed by atoms with Crippen LogP contribution in [0.3, 0.4) is 0 Å². The molecular weight excluding hydrogens is 377 g/mol. The minimum Gasteiger partial charge on any atom is -0.348 e. The summed E-state index contributed by atoms with van der Waals surface area (Å²) in [7, 11) is 0. The summed E-state index contributed by atoms with van der Waals surface area (Å²) in [5, 5.41) is 10.4. The molecule has 0 amide bonds. The average Bonchev–Trinajstić information content (AvgIpc) is 2.79. The van der Waals surface area contributed by atoms with Gasteiger partial charge in [0.25, 0.3) is 0 Å². The normalized spacial score (nSPS) is 19.0. The fraction of sp³-hybridized carbons (Fsp3) is 0.346. The molecule has 3 aromatic rings. The number of hydrogen-bond acceptors (Lipinski definition) is 3. The third-order valence-electron chi connectivity index (χ3n) is 5.76. The lowest BCUT2D eigenvalue weighted by Gasteiger charge is -2.29. The van der Waals surface area contributed by atoms with Crippen molar-refractivity contribution in [2.24, 2.45) is 5.92 Å². The quantitative estimate of drug-likeness (QED) is 0.500. The van der Waals surface area contributed by atoms with Crippen molar-refractivity contribution in [3.05, 3.63) is 82.7 Å². The zero-order valence-electron chi connectivity index (χ0n) is 17.2. The minimum absolute atomic E-state index is 0.166. The Morgan fingerprint density at radius 2 is 1.77 bits per heavy atom. The van der Waals surface area contributed by atoms with Crippen molar-refractivity contribution in [2.75, 3.05) is 13.2 Å². The Morgan fingerprint density at radius 1 is 1.00 bits per heavy atom. The first-order valence-electron chi connectivity index (χ1n) is 10.6. The molecule has 0 spiro atoms. The van der Waals surface area contributed by atoms with Gasteiger partial charge in [0.15, 0.2) is 6.29 Å². The second-order valence-electron chi connectivity index (χ2n) is 7.98. The van der Waals surface area contributed by atoms with Crippen LogP contribution < -0.4 is 0 Å². The Balaban J connectivity index is 1.46. The van der Waals surface area contributed by atoms with Gasteiger partial charge in [-0.2, -0.15) is 5.26 Å². The van der Waals surface area contributed by atoms with Crippen LogP contribution in [0.5, 0.6) is 0 Å². The molecule has 0 N–H and O–H groups in total. The molecule has 4 heteroatoms. The molecule has 0 atom stereocenters. The fourth-order valence-corrected chi connectivity index (χ4v) is 4.03. The highest BCUT2D eigenvalue weighted by Crippen LogP contribution is 2.30. The third kappa shape index (κ3) is 4.53. The first-order valence-corrected chi connectivity index (χ1v) is 10.6. The van der Waals surface area contributed by atoms with Crippen LogP contribution in [0.4, 0.5) is 4.39 Å². The second kappa shape index (κ2) is 9.38. The Labute approximate surface area is 177 Å². The number of fused-ring (bicyclic) bond motifs is 1. The van der Waals surface area contributed by atoms with E-state index in [4.69, 9.17) is 14.7 Å². The molecule has 0 aromatic heterocycles. The van der Waals surface area contributed by atoms with E-state index in [2.05, 4.69) is 13.0 Å². The molecule has 4 rings (SSSR count). The largest absolute Gasteiger partial charge is 0.348 e. The molecule has 3 nitrogen and oxygen atoms in total. The zero-order valence-corrected chi connectivity index (χ0v) is 17.2. The SMILES string of the molecule is CCCC1COC(c2ccc3c(F)c(CCc4ccc(C#N)cc4)ccc3c2)OC1. The van der Waals surface area contributed by atoms with Crippen LogP contribution in [0, 0.1) is 23.1 Å². The highest BCUT2D eigenvalue weighted by Gasteiger charge is 2.23. The van der Waals surface area contributed by atoms with Gasteiger partial charge in [-0.15, -0.1) is 0 Å². The van der Waals surface area contributed by atoms with Crippen molar-refractivity contribution in [3.63, 3.8) is 0 Å². The van der Waals surface area contributed by atoms with Crippen molar-refractivity contribution in [1.29, 1.82) is 5.26 Å². The Bertz CT molecular complexity index is 1050. The van der Waals surface area contributed by atoms with Gasteiger partial charge in [-0.25, -0.2) is 4.39 Å². The van der Waals surface area contributed by atoms with Crippen LogP contribution in [-0.4, -0.2) is 13.2 Å². The third-order valence-corrected chi connectivity index (χ3v) is 5.76. The van der Waals surface area contributed by atoms with Gasteiger partial charge in [0, 0.05) is 16.9 Å². The topological polar surface area (TPSA) is 42.2 Å². The van der Waals surface area contributed by atoms with Gasteiger partial charge >= 0.3 is 0 Å². The second-order valence-corrected chi connectivity index (χ2v) is 7.98. The number of benzene rings is 3. The van der Waals surface area contributed by atoms with E-state index in [0.29, 0.717) is 42.1 Å². The summed E-state index contributed by atoms with van der Waals surface area (Å²) in [6.07, 6.45) is 3.21. The molecule has 0 saturated carbocycles. The molecule has 1 heterocycles. The molecular formula is C26H26FNO2. The summed E-state index contributed by atoms with van der Waals surface area (Å²) >= 11 is 0. The summed E-state index contributed by atoms with van der Waals surface area (Å²) < 4.78 is 26.9. The van der Waals surface area contributed by atoms with Gasteiger partial charge in [-0.3, -0.25) is 0 Å². The van der Waals surface area contributed by atoms with Gasteiger partial charge in [-0.05, 0) is 54.0 Å². The van der Waals surface area contributed by atoms with Crippen molar-refractivity contribution >= 4 is 10.8 Å². The highest BCUT2D eigenvalue weighted by molar-refractivity contribution is 5.84. The molecule has 1 saturated heterocycles. The van der Waals surface area contributed by atoms with Gasteiger partial charge in [0.2, 0.25) is 0 Å². The number of ether oxygens (including phenoxy) is 2. The van der Waals surface area contributed by atoms with E-state index >= 15 is 4.39 Å². The van der Waals surface area contributed by atoms with Gasteiger partial charge in [0.05, 0.1) is 24.8 Å². The molecule has 30 heavy (non-hydrogen) atoms. The van der Waals surface area contributed by atoms with Gasteiger partial charge in [0.1, 0.15) is 5.82 Å². The van der Waals surface area contributed by atoms with Crippen LogP contribution in [0.1, 0.15) is 48.3 Å². The maximum atomic E-state index is 15.1. The molecule has 1 aliphatic heterocycles. The lowest BCUT2D eigenvalue weighted by molar-refractivity contribution is -0.206. The Kier molecular flexibility index (Phi) is 6.42. The number of halogens is 1. The molecule has 0 radical (unpaired) electrons. The molecule has 0 aliphatic carbocycles. The summed E-state index contributed by atoms with van der Waals surface area (Å²) in [5.74, 6) is 0.295. The maximum Gasteiger partial charge on any atom is 0.183 e. The van der Waals surface area contributed by atoms with Gasteiger partial charge < -0.3 is 9.47 Å². The standard InChI is InChI=1S/C26H26FNO2/c1-2-3-20-16-29-26(30-17-20)23-12-13-24-22(14-23)11-10-21(25(24)27)9-8-18-4-6-19(15-28)7-5-18/h4-7,10-14,20,26H,2-3,8-9,16-17H2,1H3. The Morgan fingerprint density at radius 3 is 2.47 bits per heavy atom. The minimum atomic E-state index is -0.373. The summed E-state index contributed by atoms with van der Waals surface area (Å²) in [6.45, 7) is 3.58. The molecule has 3 aromatic carbocycles. The monoisotopic (exact) mass is 403 g/mol. The van der Waals surface area contributed by atoms with E-state index in [-0.39, 0.29) is 12.1 Å².